The summed E-state index contributed by atoms with van der Waals surface area (Å²) < 4.78 is 17.1. The molecule has 0 aromatic carbocycles. The van der Waals surface area contributed by atoms with E-state index in [9.17, 15) is 0 Å². The molecule has 0 spiro atoms. The Kier molecular flexibility index (Phi) is 6.46. The summed E-state index contributed by atoms with van der Waals surface area (Å²) in [6, 6.07) is 0.547. The SMILES string of the molecule is COC1CCC(C2CCC(C3NOC(C4CCCO4)N3)C(OC)N2)CC1. The Hall–Kier alpha value is -0.280. The van der Waals surface area contributed by atoms with Gasteiger partial charge in [0.2, 0.25) is 0 Å². The summed E-state index contributed by atoms with van der Waals surface area (Å²) in [6.07, 6.45) is 10.1. The molecule has 0 amide bonds. The largest absolute Gasteiger partial charge is 0.381 e. The molecule has 150 valence electrons. The smallest absolute Gasteiger partial charge is 0.157 e. The number of hydrogen-bond acceptors (Lipinski definition) is 7. The standard InChI is InChI=1S/C19H35N3O4/c1-23-13-7-5-12(6-8-13)15-10-9-14(18(20-15)24-2)17-21-19(26-22-17)16-4-3-11-25-16/h12-22H,3-11H2,1-2H3. The number of nitrogens with one attached hydrogen (secondary N) is 3. The van der Waals surface area contributed by atoms with Crippen LogP contribution >= 0.6 is 0 Å². The summed E-state index contributed by atoms with van der Waals surface area (Å²) in [6.45, 7) is 0.843. The van der Waals surface area contributed by atoms with Crippen LogP contribution in [-0.2, 0) is 19.0 Å². The van der Waals surface area contributed by atoms with E-state index >= 15 is 0 Å². The van der Waals surface area contributed by atoms with Gasteiger partial charge in [0, 0.05) is 32.8 Å². The molecular formula is C19H35N3O4. The van der Waals surface area contributed by atoms with Crippen LogP contribution in [0.15, 0.2) is 0 Å². The van der Waals surface area contributed by atoms with Crippen molar-refractivity contribution in [2.75, 3.05) is 20.8 Å². The Morgan fingerprint density at radius 3 is 2.42 bits per heavy atom. The summed E-state index contributed by atoms with van der Waals surface area (Å²) in [5, 5.41) is 7.37. The number of methoxy groups -OCH3 is 2. The lowest BCUT2D eigenvalue weighted by molar-refractivity contribution is -0.0694. The van der Waals surface area contributed by atoms with E-state index < -0.39 is 0 Å². The Balaban J connectivity index is 1.29. The second-order valence-electron chi connectivity index (χ2n) is 8.30. The summed E-state index contributed by atoms with van der Waals surface area (Å²) in [5.41, 5.74) is 3.20. The summed E-state index contributed by atoms with van der Waals surface area (Å²) in [5.74, 6) is 1.08. The van der Waals surface area contributed by atoms with Crippen LogP contribution in [0.4, 0.5) is 0 Å². The van der Waals surface area contributed by atoms with Gasteiger partial charge in [0.15, 0.2) is 6.23 Å². The van der Waals surface area contributed by atoms with Crippen molar-refractivity contribution >= 4 is 0 Å². The summed E-state index contributed by atoms with van der Waals surface area (Å²) in [4.78, 5) is 5.78. The molecule has 1 saturated carbocycles. The second-order valence-corrected chi connectivity index (χ2v) is 8.30. The van der Waals surface area contributed by atoms with Crippen molar-refractivity contribution in [3.05, 3.63) is 0 Å². The predicted octanol–water partition coefficient (Wildman–Crippen LogP) is 1.49. The predicted molar refractivity (Wildman–Crippen MR) is 97.1 cm³/mol. The molecule has 7 heteroatoms. The maximum atomic E-state index is 5.84. The minimum atomic E-state index is -0.0537. The molecule has 4 rings (SSSR count). The van der Waals surface area contributed by atoms with Crippen molar-refractivity contribution in [3.8, 4) is 0 Å². The third-order valence-corrected chi connectivity index (χ3v) is 6.85. The number of ether oxygens (including phenoxy) is 3. The van der Waals surface area contributed by atoms with Crippen molar-refractivity contribution in [2.24, 2.45) is 11.8 Å². The normalized spacial score (nSPS) is 47.3. The van der Waals surface area contributed by atoms with Crippen molar-refractivity contribution in [3.63, 3.8) is 0 Å². The topological polar surface area (TPSA) is 73.0 Å². The molecule has 0 bridgehead atoms. The highest BCUT2D eigenvalue weighted by atomic mass is 16.7. The Labute approximate surface area is 156 Å². The number of hydroxylamine groups is 1. The minimum Gasteiger partial charge on any atom is -0.381 e. The van der Waals surface area contributed by atoms with Crippen LogP contribution in [0.3, 0.4) is 0 Å². The highest BCUT2D eigenvalue weighted by Crippen LogP contribution is 2.35. The van der Waals surface area contributed by atoms with Gasteiger partial charge in [-0.3, -0.25) is 15.5 Å². The van der Waals surface area contributed by atoms with Crippen LogP contribution in [0.25, 0.3) is 0 Å². The van der Waals surface area contributed by atoms with Gasteiger partial charge in [0.1, 0.15) is 6.23 Å². The van der Waals surface area contributed by atoms with Crippen molar-refractivity contribution in [1.29, 1.82) is 0 Å². The van der Waals surface area contributed by atoms with Crippen LogP contribution in [0.1, 0.15) is 51.4 Å². The van der Waals surface area contributed by atoms with Gasteiger partial charge in [-0.15, -0.1) is 0 Å². The Morgan fingerprint density at radius 2 is 1.73 bits per heavy atom. The van der Waals surface area contributed by atoms with Crippen LogP contribution in [0.5, 0.6) is 0 Å². The van der Waals surface area contributed by atoms with Gasteiger partial charge in [-0.2, -0.15) is 5.48 Å². The van der Waals surface area contributed by atoms with Gasteiger partial charge >= 0.3 is 0 Å². The van der Waals surface area contributed by atoms with Crippen LogP contribution in [-0.4, -0.2) is 57.7 Å². The zero-order valence-electron chi connectivity index (χ0n) is 16.1. The molecule has 3 heterocycles. The molecule has 7 nitrogen and oxygen atoms in total. The average molecular weight is 370 g/mol. The van der Waals surface area contributed by atoms with Crippen molar-refractivity contribution in [1.82, 2.24) is 16.1 Å². The summed E-state index contributed by atoms with van der Waals surface area (Å²) >= 11 is 0. The average Bonchev–Trinajstić information content (AvgIpc) is 3.39. The lowest BCUT2D eigenvalue weighted by Gasteiger charge is -2.43. The van der Waals surface area contributed by atoms with Gasteiger partial charge < -0.3 is 14.2 Å². The maximum absolute atomic E-state index is 5.84. The monoisotopic (exact) mass is 369 g/mol. The fourth-order valence-electron chi connectivity index (χ4n) is 5.25. The molecule has 0 aromatic rings. The molecule has 6 atom stereocenters. The Morgan fingerprint density at radius 1 is 0.885 bits per heavy atom. The van der Waals surface area contributed by atoms with E-state index in [0.717, 1.165) is 31.8 Å². The summed E-state index contributed by atoms with van der Waals surface area (Å²) in [7, 11) is 3.64. The zero-order chi connectivity index (χ0) is 17.9. The first-order valence-electron chi connectivity index (χ1n) is 10.4. The Bertz CT molecular complexity index is 441. The highest BCUT2D eigenvalue weighted by molar-refractivity contribution is 4.93. The van der Waals surface area contributed by atoms with E-state index in [0.29, 0.717) is 18.1 Å². The van der Waals surface area contributed by atoms with Gasteiger partial charge in [0.05, 0.1) is 18.4 Å². The first-order chi connectivity index (χ1) is 12.8. The minimum absolute atomic E-state index is 0.0470. The first kappa shape index (κ1) is 19.1. The van der Waals surface area contributed by atoms with Gasteiger partial charge in [-0.05, 0) is 57.3 Å². The molecule has 3 saturated heterocycles. The number of rotatable bonds is 5. The number of hydrogen-bond donors (Lipinski definition) is 3. The van der Waals surface area contributed by atoms with Crippen LogP contribution < -0.4 is 16.1 Å². The maximum Gasteiger partial charge on any atom is 0.157 e. The molecular weight excluding hydrogens is 334 g/mol. The van der Waals surface area contributed by atoms with Crippen LogP contribution in [0.2, 0.25) is 0 Å². The highest BCUT2D eigenvalue weighted by Gasteiger charge is 2.43. The van der Waals surface area contributed by atoms with E-state index in [4.69, 9.17) is 19.0 Å². The molecule has 26 heavy (non-hydrogen) atoms. The van der Waals surface area contributed by atoms with Gasteiger partial charge in [0.25, 0.3) is 0 Å². The molecule has 0 radical (unpaired) electrons. The lowest BCUT2D eigenvalue weighted by atomic mass is 9.77. The van der Waals surface area contributed by atoms with Crippen molar-refractivity contribution in [2.45, 2.75) is 88.2 Å². The van der Waals surface area contributed by atoms with E-state index in [2.05, 4.69) is 16.1 Å². The third kappa shape index (κ3) is 4.09. The molecule has 4 fully saturated rings. The molecule has 3 N–H and O–H groups in total. The third-order valence-electron chi connectivity index (χ3n) is 6.85. The van der Waals surface area contributed by atoms with E-state index in [1.165, 1.54) is 32.1 Å². The molecule has 6 unspecified atom stereocenters. The zero-order valence-corrected chi connectivity index (χ0v) is 16.1. The molecule has 4 aliphatic rings. The molecule has 0 aromatic heterocycles. The van der Waals surface area contributed by atoms with Gasteiger partial charge in [-0.25, -0.2) is 0 Å². The second kappa shape index (κ2) is 8.82. The fraction of sp³-hybridized carbons (Fsp3) is 1.00. The van der Waals surface area contributed by atoms with Crippen molar-refractivity contribution < 1.29 is 19.0 Å². The molecule has 3 aliphatic heterocycles. The first-order valence-corrected chi connectivity index (χ1v) is 10.4. The quantitative estimate of drug-likeness (QED) is 0.678. The fourth-order valence-corrected chi connectivity index (χ4v) is 5.25. The number of piperidine rings is 1. The van der Waals surface area contributed by atoms with E-state index in [-0.39, 0.29) is 24.7 Å². The van der Waals surface area contributed by atoms with E-state index in [1.807, 2.05) is 14.2 Å². The van der Waals surface area contributed by atoms with Gasteiger partial charge in [-0.1, -0.05) is 0 Å². The lowest BCUT2D eigenvalue weighted by Crippen LogP contribution is -2.58. The molecule has 1 aliphatic carbocycles. The van der Waals surface area contributed by atoms with Crippen LogP contribution in [0, 0.1) is 11.8 Å². The van der Waals surface area contributed by atoms with E-state index in [1.54, 1.807) is 0 Å².